The highest BCUT2D eigenvalue weighted by Crippen LogP contribution is 2.33. The molecule has 6 nitrogen and oxygen atoms in total. The Morgan fingerprint density at radius 1 is 1.31 bits per heavy atom. The number of para-hydroxylation sites is 1. The maximum Gasteiger partial charge on any atom is 0.337 e. The second-order valence-corrected chi connectivity index (χ2v) is 7.74. The highest BCUT2D eigenvalue weighted by Gasteiger charge is 2.34. The molecule has 2 aromatic rings. The lowest BCUT2D eigenvalue weighted by molar-refractivity contribution is -0.137. The summed E-state index contributed by atoms with van der Waals surface area (Å²) in [4.78, 5) is 31.5. The van der Waals surface area contributed by atoms with E-state index in [0.717, 1.165) is 42.4 Å². The molecule has 0 spiro atoms. The van der Waals surface area contributed by atoms with Crippen LogP contribution in [0.15, 0.2) is 36.1 Å². The Bertz CT molecular complexity index is 915. The van der Waals surface area contributed by atoms with E-state index in [9.17, 15) is 9.59 Å². The Kier molecular flexibility index (Phi) is 6.75. The molecule has 0 saturated carbocycles. The first-order chi connectivity index (χ1) is 14.0. The number of likely N-dealkylation sites (N-methyl/N-ethyl adjacent to an activating group) is 1. The highest BCUT2D eigenvalue weighted by molar-refractivity contribution is 6.03. The SMILES string of the molecule is CC[C@H]1CN(C)CCc2c([nH]c3ccccc23)C(=O)C[C@@H]1/C(=C/OC)C(=O)OC. The van der Waals surface area contributed by atoms with Crippen LogP contribution in [0.4, 0.5) is 0 Å². The molecular weight excluding hydrogens is 368 g/mol. The molecule has 0 fully saturated rings. The first kappa shape index (κ1) is 21.1. The van der Waals surface area contributed by atoms with Crippen LogP contribution in [0.3, 0.4) is 0 Å². The van der Waals surface area contributed by atoms with Gasteiger partial charge in [0.05, 0.1) is 31.7 Å². The zero-order valence-electron chi connectivity index (χ0n) is 17.7. The summed E-state index contributed by atoms with van der Waals surface area (Å²) in [5.74, 6) is -0.565. The van der Waals surface area contributed by atoms with Crippen molar-refractivity contribution in [3.63, 3.8) is 0 Å². The molecule has 0 bridgehead atoms. The Balaban J connectivity index is 2.09. The molecule has 0 radical (unpaired) electrons. The number of nitrogens with zero attached hydrogens (tertiary/aromatic N) is 1. The van der Waals surface area contributed by atoms with E-state index >= 15 is 0 Å². The summed E-state index contributed by atoms with van der Waals surface area (Å²) in [5.41, 5.74) is 3.10. The molecule has 3 rings (SSSR count). The van der Waals surface area contributed by atoms with Gasteiger partial charge in [0.15, 0.2) is 5.78 Å². The number of nitrogens with one attached hydrogen (secondary N) is 1. The van der Waals surface area contributed by atoms with E-state index in [2.05, 4.69) is 29.9 Å². The van der Waals surface area contributed by atoms with Gasteiger partial charge in [0.2, 0.25) is 0 Å². The van der Waals surface area contributed by atoms with Crippen molar-refractivity contribution in [1.82, 2.24) is 9.88 Å². The summed E-state index contributed by atoms with van der Waals surface area (Å²) in [6, 6.07) is 8.01. The van der Waals surface area contributed by atoms with E-state index in [1.807, 2.05) is 18.2 Å². The van der Waals surface area contributed by atoms with E-state index in [0.29, 0.717) is 11.3 Å². The number of benzene rings is 1. The Morgan fingerprint density at radius 2 is 2.07 bits per heavy atom. The van der Waals surface area contributed by atoms with Crippen LogP contribution in [0.2, 0.25) is 0 Å². The zero-order valence-corrected chi connectivity index (χ0v) is 17.7. The number of aromatic nitrogens is 1. The first-order valence-corrected chi connectivity index (χ1v) is 10.1. The number of aromatic amines is 1. The van der Waals surface area contributed by atoms with Crippen molar-refractivity contribution in [2.24, 2.45) is 11.8 Å². The van der Waals surface area contributed by atoms with Gasteiger partial charge < -0.3 is 19.4 Å². The van der Waals surface area contributed by atoms with Crippen molar-refractivity contribution in [3.8, 4) is 0 Å². The molecule has 1 aromatic carbocycles. The maximum atomic E-state index is 13.4. The minimum atomic E-state index is -0.445. The molecule has 1 N–H and O–H groups in total. The number of H-pyrrole nitrogens is 1. The van der Waals surface area contributed by atoms with Gasteiger partial charge in [-0.15, -0.1) is 0 Å². The number of carbonyl (C=O) groups excluding carboxylic acids is 2. The second kappa shape index (κ2) is 9.27. The summed E-state index contributed by atoms with van der Waals surface area (Å²) in [6.07, 6.45) is 3.32. The van der Waals surface area contributed by atoms with E-state index in [4.69, 9.17) is 9.47 Å². The number of hydrogen-bond donors (Lipinski definition) is 1. The van der Waals surface area contributed by atoms with Gasteiger partial charge in [0.25, 0.3) is 0 Å². The molecule has 29 heavy (non-hydrogen) atoms. The normalized spacial score (nSPS) is 21.7. The van der Waals surface area contributed by atoms with Crippen LogP contribution in [0.5, 0.6) is 0 Å². The van der Waals surface area contributed by atoms with E-state index < -0.39 is 5.97 Å². The predicted molar refractivity (Wildman–Crippen MR) is 113 cm³/mol. The van der Waals surface area contributed by atoms with E-state index in [1.165, 1.54) is 20.5 Å². The van der Waals surface area contributed by atoms with Gasteiger partial charge >= 0.3 is 5.97 Å². The van der Waals surface area contributed by atoms with E-state index in [1.54, 1.807) is 0 Å². The molecular formula is C23H30N2O4. The molecule has 2 heterocycles. The van der Waals surface area contributed by atoms with Gasteiger partial charge in [-0.3, -0.25) is 4.79 Å². The van der Waals surface area contributed by atoms with E-state index in [-0.39, 0.29) is 24.0 Å². The Labute approximate surface area is 171 Å². The average molecular weight is 399 g/mol. The number of fused-ring (bicyclic) bond motifs is 3. The average Bonchev–Trinajstić information content (AvgIpc) is 3.11. The lowest BCUT2D eigenvalue weighted by atomic mass is 9.79. The van der Waals surface area contributed by atoms with Gasteiger partial charge in [0, 0.05) is 36.3 Å². The first-order valence-electron chi connectivity index (χ1n) is 10.1. The van der Waals surface area contributed by atoms with Gasteiger partial charge in [-0.1, -0.05) is 31.5 Å². The largest absolute Gasteiger partial charge is 0.504 e. The number of rotatable bonds is 4. The van der Waals surface area contributed by atoms with Crippen LogP contribution in [0.1, 0.15) is 35.8 Å². The van der Waals surface area contributed by atoms with Crippen molar-refractivity contribution in [2.45, 2.75) is 26.2 Å². The van der Waals surface area contributed by atoms with Gasteiger partial charge in [-0.05, 0) is 31.0 Å². The molecule has 1 aromatic heterocycles. The number of esters is 1. The minimum absolute atomic E-state index is 0.0232. The second-order valence-electron chi connectivity index (χ2n) is 7.74. The minimum Gasteiger partial charge on any atom is -0.504 e. The number of methoxy groups -OCH3 is 2. The smallest absolute Gasteiger partial charge is 0.337 e. The predicted octanol–water partition coefficient (Wildman–Crippen LogP) is 3.57. The Hall–Kier alpha value is -2.60. The highest BCUT2D eigenvalue weighted by atomic mass is 16.5. The summed E-state index contributed by atoms with van der Waals surface area (Å²) in [6.45, 7) is 3.73. The van der Waals surface area contributed by atoms with Crippen LogP contribution in [-0.4, -0.2) is 56.0 Å². The summed E-state index contributed by atoms with van der Waals surface area (Å²) in [5, 5.41) is 1.09. The van der Waals surface area contributed by atoms with Crippen molar-refractivity contribution in [3.05, 3.63) is 47.4 Å². The number of ether oxygens (including phenoxy) is 2. The fraction of sp³-hybridized carbons (Fsp3) is 0.478. The molecule has 156 valence electrons. The molecule has 0 amide bonds. The standard InChI is InChI=1S/C23H30N2O4/c1-5-15-13-25(2)11-10-17-16-8-6-7-9-20(16)24-22(17)21(26)12-18(15)19(14-28-3)23(27)29-4/h6-9,14-15,18,24H,5,10-13H2,1-4H3/b19-14-/t15-,18-/m0/s1. The molecule has 0 aliphatic carbocycles. The summed E-state index contributed by atoms with van der Waals surface area (Å²) < 4.78 is 10.2. The fourth-order valence-corrected chi connectivity index (χ4v) is 4.40. The van der Waals surface area contributed by atoms with Crippen LogP contribution in [0.25, 0.3) is 10.9 Å². The molecule has 0 unspecified atom stereocenters. The quantitative estimate of drug-likeness (QED) is 0.484. The summed E-state index contributed by atoms with van der Waals surface area (Å²) >= 11 is 0. The number of ketones is 1. The lowest BCUT2D eigenvalue weighted by Gasteiger charge is -2.31. The molecule has 0 saturated heterocycles. The number of carbonyl (C=O) groups is 2. The van der Waals surface area contributed by atoms with Gasteiger partial charge in [-0.2, -0.15) is 0 Å². The number of Topliss-reactive ketones (excluding diaryl/α,β-unsaturated/α-hetero) is 1. The third kappa shape index (κ3) is 4.37. The lowest BCUT2D eigenvalue weighted by Crippen LogP contribution is -2.35. The van der Waals surface area contributed by atoms with Crippen LogP contribution < -0.4 is 0 Å². The molecule has 1 aliphatic heterocycles. The van der Waals surface area contributed by atoms with Crippen molar-refractivity contribution in [2.75, 3.05) is 34.4 Å². The fourth-order valence-electron chi connectivity index (χ4n) is 4.40. The molecule has 6 heteroatoms. The van der Waals surface area contributed by atoms with Crippen LogP contribution in [-0.2, 0) is 20.7 Å². The third-order valence-corrected chi connectivity index (χ3v) is 5.95. The topological polar surface area (TPSA) is 71.6 Å². The summed E-state index contributed by atoms with van der Waals surface area (Å²) in [7, 11) is 4.96. The third-order valence-electron chi connectivity index (χ3n) is 5.95. The van der Waals surface area contributed by atoms with Gasteiger partial charge in [-0.25, -0.2) is 4.79 Å². The number of hydrogen-bond acceptors (Lipinski definition) is 5. The van der Waals surface area contributed by atoms with Crippen molar-refractivity contribution < 1.29 is 19.1 Å². The van der Waals surface area contributed by atoms with Crippen molar-refractivity contribution >= 4 is 22.7 Å². The maximum absolute atomic E-state index is 13.4. The molecule has 1 aliphatic rings. The van der Waals surface area contributed by atoms with Crippen molar-refractivity contribution in [1.29, 1.82) is 0 Å². The zero-order chi connectivity index (χ0) is 21.0. The van der Waals surface area contributed by atoms with Gasteiger partial charge in [0.1, 0.15) is 0 Å². The molecule has 2 atom stereocenters. The van der Waals surface area contributed by atoms with Crippen LogP contribution in [0, 0.1) is 11.8 Å². The Morgan fingerprint density at radius 3 is 2.76 bits per heavy atom. The monoisotopic (exact) mass is 398 g/mol. The van der Waals surface area contributed by atoms with Crippen LogP contribution >= 0.6 is 0 Å².